The number of aromatic amines is 1. The van der Waals surface area contributed by atoms with Gasteiger partial charge in [-0.2, -0.15) is 5.10 Å². The molecule has 2 heterocycles. The first-order valence-corrected chi connectivity index (χ1v) is 9.59. The molecular formula is C23H20N4O4. The van der Waals surface area contributed by atoms with E-state index in [1.165, 1.54) is 6.21 Å². The summed E-state index contributed by atoms with van der Waals surface area (Å²) in [6.07, 6.45) is 1.46. The molecule has 0 aliphatic rings. The van der Waals surface area contributed by atoms with Crippen molar-refractivity contribution in [3.63, 3.8) is 0 Å². The van der Waals surface area contributed by atoms with Gasteiger partial charge in [0.05, 0.1) is 22.7 Å². The molecule has 8 nitrogen and oxygen atoms in total. The van der Waals surface area contributed by atoms with E-state index >= 15 is 0 Å². The molecule has 0 unspecified atom stereocenters. The van der Waals surface area contributed by atoms with Gasteiger partial charge in [-0.25, -0.2) is 9.59 Å². The van der Waals surface area contributed by atoms with Crippen LogP contribution < -0.4 is 11.2 Å². The molecule has 0 saturated heterocycles. The van der Waals surface area contributed by atoms with Crippen molar-refractivity contribution in [2.24, 2.45) is 5.10 Å². The summed E-state index contributed by atoms with van der Waals surface area (Å²) in [5.41, 5.74) is 3.55. The van der Waals surface area contributed by atoms with E-state index in [0.717, 1.165) is 27.3 Å². The van der Waals surface area contributed by atoms with E-state index in [2.05, 4.69) is 10.1 Å². The van der Waals surface area contributed by atoms with Crippen LogP contribution >= 0.6 is 0 Å². The fraction of sp³-hybridized carbons (Fsp3) is 0.130. The van der Waals surface area contributed by atoms with Gasteiger partial charge in [0.15, 0.2) is 0 Å². The Morgan fingerprint density at radius 1 is 1.06 bits per heavy atom. The molecule has 2 aromatic heterocycles. The van der Waals surface area contributed by atoms with Crippen molar-refractivity contribution in [2.45, 2.75) is 20.8 Å². The number of carboxylic acids is 1. The fourth-order valence-electron chi connectivity index (χ4n) is 3.65. The van der Waals surface area contributed by atoms with Crippen molar-refractivity contribution in [1.29, 1.82) is 0 Å². The van der Waals surface area contributed by atoms with E-state index in [1.54, 1.807) is 42.5 Å². The number of carbonyl (C=O) groups is 1. The van der Waals surface area contributed by atoms with Crippen molar-refractivity contribution in [2.75, 3.05) is 0 Å². The van der Waals surface area contributed by atoms with Crippen LogP contribution in [0.4, 0.5) is 0 Å². The summed E-state index contributed by atoms with van der Waals surface area (Å²) < 4.78 is 2.72. The molecule has 8 heteroatoms. The standard InChI is InChI=1S/C23H20N4O4/c1-13-8-9-16(22(29)30)11-20(13)26-14(2)10-17(15(26)3)12-24-27-21(28)18-6-4-5-7-19(18)25-23(27)31/h4-12H,1-3H3,(H,25,31)(H,29,30). The average Bonchev–Trinajstić information content (AvgIpc) is 3.01. The Balaban J connectivity index is 1.81. The molecule has 0 bridgehead atoms. The lowest BCUT2D eigenvalue weighted by Gasteiger charge is -2.13. The Kier molecular flexibility index (Phi) is 4.90. The molecule has 0 saturated carbocycles. The number of fused-ring (bicyclic) bond motifs is 1. The molecule has 0 aliphatic heterocycles. The summed E-state index contributed by atoms with van der Waals surface area (Å²) >= 11 is 0. The molecule has 0 aliphatic carbocycles. The molecule has 0 atom stereocenters. The number of nitrogens with zero attached hydrogens (tertiary/aromatic N) is 3. The molecule has 31 heavy (non-hydrogen) atoms. The van der Waals surface area contributed by atoms with Crippen LogP contribution in [-0.4, -0.2) is 31.5 Å². The van der Waals surface area contributed by atoms with Crippen LogP contribution in [0.5, 0.6) is 0 Å². The van der Waals surface area contributed by atoms with Crippen LogP contribution in [0.25, 0.3) is 16.6 Å². The molecule has 2 N–H and O–H groups in total. The zero-order valence-corrected chi connectivity index (χ0v) is 17.2. The summed E-state index contributed by atoms with van der Waals surface area (Å²) in [6, 6.07) is 13.6. The number of hydrogen-bond acceptors (Lipinski definition) is 4. The Labute approximate surface area is 176 Å². The highest BCUT2D eigenvalue weighted by Gasteiger charge is 2.14. The Bertz CT molecular complexity index is 1490. The molecule has 4 rings (SSSR count). The Morgan fingerprint density at radius 3 is 2.55 bits per heavy atom. The van der Waals surface area contributed by atoms with Crippen molar-refractivity contribution in [1.82, 2.24) is 14.2 Å². The number of hydrogen-bond donors (Lipinski definition) is 2. The predicted octanol–water partition coefficient (Wildman–Crippen LogP) is 2.99. The summed E-state index contributed by atoms with van der Waals surface area (Å²) in [4.78, 5) is 39.0. The summed E-state index contributed by atoms with van der Waals surface area (Å²) in [5, 5.41) is 13.8. The Morgan fingerprint density at radius 2 is 1.81 bits per heavy atom. The second-order valence-electron chi connectivity index (χ2n) is 7.31. The molecule has 0 spiro atoms. The number of aryl methyl sites for hydroxylation is 2. The van der Waals surface area contributed by atoms with Crippen molar-refractivity contribution >= 4 is 23.1 Å². The fourth-order valence-corrected chi connectivity index (χ4v) is 3.65. The summed E-state index contributed by atoms with van der Waals surface area (Å²) in [7, 11) is 0. The predicted molar refractivity (Wildman–Crippen MR) is 119 cm³/mol. The van der Waals surface area contributed by atoms with Crippen LogP contribution in [0, 0.1) is 20.8 Å². The van der Waals surface area contributed by atoms with Gasteiger partial charge in [-0.15, -0.1) is 4.68 Å². The van der Waals surface area contributed by atoms with E-state index in [0.29, 0.717) is 16.5 Å². The van der Waals surface area contributed by atoms with Crippen LogP contribution in [-0.2, 0) is 0 Å². The van der Waals surface area contributed by atoms with Crippen LogP contribution in [0.1, 0.15) is 32.9 Å². The molecule has 2 aromatic carbocycles. The third kappa shape index (κ3) is 3.48. The maximum absolute atomic E-state index is 12.7. The van der Waals surface area contributed by atoms with E-state index in [1.807, 2.05) is 31.4 Å². The SMILES string of the molecule is Cc1ccc(C(=O)O)cc1-n1c(C)cc(C=Nn2c(=O)[nH]c3ccccc3c2=O)c1C. The van der Waals surface area contributed by atoms with Crippen molar-refractivity contribution in [3.8, 4) is 5.69 Å². The first kappa shape index (κ1) is 20.1. The number of H-pyrrole nitrogens is 1. The lowest BCUT2D eigenvalue weighted by atomic mass is 10.1. The van der Waals surface area contributed by atoms with Gasteiger partial charge in [-0.1, -0.05) is 18.2 Å². The topological polar surface area (TPSA) is 109 Å². The maximum atomic E-state index is 12.7. The van der Waals surface area contributed by atoms with Crippen LogP contribution in [0.15, 0.2) is 63.2 Å². The van der Waals surface area contributed by atoms with Crippen molar-refractivity contribution < 1.29 is 9.90 Å². The molecule has 0 amide bonds. The minimum absolute atomic E-state index is 0.192. The van der Waals surface area contributed by atoms with Crippen LogP contribution in [0.3, 0.4) is 0 Å². The van der Waals surface area contributed by atoms with Gasteiger partial charge in [0.1, 0.15) is 0 Å². The Hall–Kier alpha value is -4.20. The van der Waals surface area contributed by atoms with Gasteiger partial charge in [0.2, 0.25) is 0 Å². The number of aromatic nitrogens is 3. The highest BCUT2D eigenvalue weighted by molar-refractivity contribution is 5.89. The third-order valence-electron chi connectivity index (χ3n) is 5.26. The molecule has 0 radical (unpaired) electrons. The van der Waals surface area contributed by atoms with Gasteiger partial charge in [0.25, 0.3) is 5.56 Å². The van der Waals surface area contributed by atoms with Gasteiger partial charge < -0.3 is 14.7 Å². The molecular weight excluding hydrogens is 396 g/mol. The van der Waals surface area contributed by atoms with Crippen LogP contribution in [0.2, 0.25) is 0 Å². The molecule has 0 fully saturated rings. The van der Waals surface area contributed by atoms with Gasteiger partial charge in [-0.3, -0.25) is 4.79 Å². The molecule has 4 aromatic rings. The number of rotatable bonds is 4. The summed E-state index contributed by atoms with van der Waals surface area (Å²) in [6.45, 7) is 5.67. The highest BCUT2D eigenvalue weighted by atomic mass is 16.4. The van der Waals surface area contributed by atoms with Crippen molar-refractivity contribution in [3.05, 3.63) is 97.4 Å². The second kappa shape index (κ2) is 7.56. The van der Waals surface area contributed by atoms with E-state index in [9.17, 15) is 19.5 Å². The largest absolute Gasteiger partial charge is 0.478 e. The minimum Gasteiger partial charge on any atom is -0.478 e. The number of benzene rings is 2. The summed E-state index contributed by atoms with van der Waals surface area (Å²) in [5.74, 6) is -1.000. The van der Waals surface area contributed by atoms with E-state index in [4.69, 9.17) is 0 Å². The monoisotopic (exact) mass is 416 g/mol. The number of aromatic carboxylic acids is 1. The van der Waals surface area contributed by atoms with E-state index in [-0.39, 0.29) is 5.56 Å². The lowest BCUT2D eigenvalue weighted by molar-refractivity contribution is 0.0697. The zero-order valence-electron chi connectivity index (χ0n) is 17.2. The normalized spacial score (nSPS) is 11.5. The minimum atomic E-state index is -1.000. The number of para-hydroxylation sites is 1. The number of nitrogens with one attached hydrogen (secondary N) is 1. The smallest absolute Gasteiger partial charge is 0.349 e. The first-order valence-electron chi connectivity index (χ1n) is 9.59. The lowest BCUT2D eigenvalue weighted by Crippen LogP contribution is -2.32. The second-order valence-corrected chi connectivity index (χ2v) is 7.31. The van der Waals surface area contributed by atoms with Gasteiger partial charge >= 0.3 is 11.7 Å². The first-order chi connectivity index (χ1) is 14.8. The van der Waals surface area contributed by atoms with E-state index < -0.39 is 17.2 Å². The highest BCUT2D eigenvalue weighted by Crippen LogP contribution is 2.23. The molecule has 156 valence electrons. The number of carboxylic acid groups (broad SMARTS) is 1. The van der Waals surface area contributed by atoms with Gasteiger partial charge in [-0.05, 0) is 56.7 Å². The zero-order chi connectivity index (χ0) is 22.3. The maximum Gasteiger partial charge on any atom is 0.349 e. The third-order valence-corrected chi connectivity index (χ3v) is 5.26. The average molecular weight is 416 g/mol. The van der Waals surface area contributed by atoms with Gasteiger partial charge in [0, 0.05) is 22.6 Å². The quantitative estimate of drug-likeness (QED) is 0.498.